The lowest BCUT2D eigenvalue weighted by molar-refractivity contribution is -0.150. The summed E-state index contributed by atoms with van der Waals surface area (Å²) in [5, 5.41) is 12.6. The molecular formula is C14H14FN3O5. The van der Waals surface area contributed by atoms with Gasteiger partial charge in [-0.15, -0.1) is 0 Å². The number of aliphatic carboxylic acids is 1. The van der Waals surface area contributed by atoms with E-state index in [1.165, 1.54) is 11.2 Å². The molecule has 0 radical (unpaired) electrons. The monoisotopic (exact) mass is 323 g/mol. The summed E-state index contributed by atoms with van der Waals surface area (Å²) in [5.74, 6) is -0.883. The number of furan rings is 1. The molecule has 0 aliphatic carbocycles. The molecule has 3 heterocycles. The molecule has 122 valence electrons. The lowest BCUT2D eigenvalue weighted by Crippen LogP contribution is -2.38. The van der Waals surface area contributed by atoms with E-state index in [-0.39, 0.29) is 43.4 Å². The van der Waals surface area contributed by atoms with Crippen LogP contribution in [0.2, 0.25) is 0 Å². The van der Waals surface area contributed by atoms with Crippen molar-refractivity contribution in [1.82, 2.24) is 15.0 Å². The maximum Gasteiger partial charge on any atom is 0.343 e. The van der Waals surface area contributed by atoms with Crippen molar-refractivity contribution in [2.45, 2.75) is 24.9 Å². The number of carboxylic acids is 1. The lowest BCUT2D eigenvalue weighted by Gasteiger charge is -2.17. The predicted octanol–water partition coefficient (Wildman–Crippen LogP) is 1.29. The van der Waals surface area contributed by atoms with E-state index < -0.39 is 18.2 Å². The summed E-state index contributed by atoms with van der Waals surface area (Å²) in [5.41, 5.74) is -2.35. The number of halogens is 1. The summed E-state index contributed by atoms with van der Waals surface area (Å²) in [6, 6.07) is 3.37. The van der Waals surface area contributed by atoms with Crippen molar-refractivity contribution in [2.75, 3.05) is 13.1 Å². The number of carbonyl (C=O) groups is 2. The average molecular weight is 323 g/mol. The van der Waals surface area contributed by atoms with Crippen molar-refractivity contribution in [2.24, 2.45) is 0 Å². The fourth-order valence-electron chi connectivity index (χ4n) is 2.39. The Bertz CT molecular complexity index is 714. The van der Waals surface area contributed by atoms with Crippen LogP contribution in [0.15, 0.2) is 27.3 Å². The number of nitrogens with zero attached hydrogens (tertiary/aromatic N) is 3. The van der Waals surface area contributed by atoms with E-state index >= 15 is 0 Å². The van der Waals surface area contributed by atoms with Gasteiger partial charge in [-0.05, 0) is 12.1 Å². The SMILES string of the molecule is O=C(CCc1nc(-c2ccco2)no1)N1CCC(F)(C(=O)O)C1. The van der Waals surface area contributed by atoms with Crippen LogP contribution < -0.4 is 0 Å². The molecule has 1 atom stereocenters. The molecule has 0 bridgehead atoms. The number of likely N-dealkylation sites (tertiary alicyclic amines) is 1. The zero-order valence-corrected chi connectivity index (χ0v) is 12.1. The number of rotatable bonds is 5. The fraction of sp³-hybridized carbons (Fsp3) is 0.429. The van der Waals surface area contributed by atoms with E-state index in [9.17, 15) is 14.0 Å². The molecule has 1 aliphatic rings. The van der Waals surface area contributed by atoms with Crippen LogP contribution in [0.3, 0.4) is 0 Å². The van der Waals surface area contributed by atoms with E-state index in [2.05, 4.69) is 10.1 Å². The Hall–Kier alpha value is -2.71. The Labute approximate surface area is 129 Å². The van der Waals surface area contributed by atoms with Gasteiger partial charge in [-0.3, -0.25) is 4.79 Å². The summed E-state index contributed by atoms with van der Waals surface area (Å²) in [4.78, 5) is 28.2. The predicted molar refractivity (Wildman–Crippen MR) is 73.0 cm³/mol. The first kappa shape index (κ1) is 15.2. The van der Waals surface area contributed by atoms with Gasteiger partial charge in [0.1, 0.15) is 0 Å². The summed E-state index contributed by atoms with van der Waals surface area (Å²) < 4.78 is 24.1. The van der Waals surface area contributed by atoms with Crippen molar-refractivity contribution >= 4 is 11.9 Å². The largest absolute Gasteiger partial charge is 0.479 e. The molecule has 0 aromatic carbocycles. The smallest absolute Gasteiger partial charge is 0.343 e. The molecular weight excluding hydrogens is 309 g/mol. The topological polar surface area (TPSA) is 110 Å². The summed E-state index contributed by atoms with van der Waals surface area (Å²) >= 11 is 0. The van der Waals surface area contributed by atoms with Crippen molar-refractivity contribution in [3.63, 3.8) is 0 Å². The second-order valence-electron chi connectivity index (χ2n) is 5.32. The third-order valence-corrected chi connectivity index (χ3v) is 3.72. The minimum Gasteiger partial charge on any atom is -0.479 e. The molecule has 0 saturated carbocycles. The zero-order chi connectivity index (χ0) is 16.4. The number of alkyl halides is 1. The molecule has 2 aromatic rings. The first-order valence-corrected chi connectivity index (χ1v) is 7.04. The van der Waals surface area contributed by atoms with Gasteiger partial charge < -0.3 is 18.9 Å². The average Bonchev–Trinajstić information content (AvgIpc) is 3.25. The van der Waals surface area contributed by atoms with Crippen LogP contribution in [-0.2, 0) is 16.0 Å². The summed E-state index contributed by atoms with van der Waals surface area (Å²) in [6.45, 7) is -0.342. The second-order valence-corrected chi connectivity index (χ2v) is 5.32. The highest BCUT2D eigenvalue weighted by Crippen LogP contribution is 2.26. The van der Waals surface area contributed by atoms with Crippen LogP contribution in [0.1, 0.15) is 18.7 Å². The maximum absolute atomic E-state index is 13.9. The molecule has 1 saturated heterocycles. The van der Waals surface area contributed by atoms with Crippen molar-refractivity contribution in [3.05, 3.63) is 24.3 Å². The van der Waals surface area contributed by atoms with Gasteiger partial charge in [-0.25, -0.2) is 9.18 Å². The van der Waals surface area contributed by atoms with Gasteiger partial charge >= 0.3 is 5.97 Å². The molecule has 1 N–H and O–H groups in total. The van der Waals surface area contributed by atoms with Gasteiger partial charge in [0.05, 0.1) is 12.8 Å². The number of carboxylic acid groups (broad SMARTS) is 1. The Morgan fingerprint density at radius 3 is 2.96 bits per heavy atom. The number of hydrogen-bond acceptors (Lipinski definition) is 6. The molecule has 1 unspecified atom stereocenters. The van der Waals surface area contributed by atoms with Crippen molar-refractivity contribution < 1.29 is 28.0 Å². The van der Waals surface area contributed by atoms with Gasteiger partial charge in [0.2, 0.25) is 23.3 Å². The first-order chi connectivity index (χ1) is 11.0. The normalized spacial score (nSPS) is 20.8. The van der Waals surface area contributed by atoms with Gasteiger partial charge in [0.15, 0.2) is 5.76 Å². The highest BCUT2D eigenvalue weighted by atomic mass is 19.1. The number of aromatic nitrogens is 2. The quantitative estimate of drug-likeness (QED) is 0.882. The fourth-order valence-corrected chi connectivity index (χ4v) is 2.39. The molecule has 2 aromatic heterocycles. The minimum absolute atomic E-state index is 0.0372. The van der Waals surface area contributed by atoms with E-state index in [0.717, 1.165) is 0 Å². The van der Waals surface area contributed by atoms with Crippen LogP contribution in [0.25, 0.3) is 11.6 Å². The van der Waals surface area contributed by atoms with Crippen LogP contribution in [0.4, 0.5) is 4.39 Å². The molecule has 3 rings (SSSR count). The van der Waals surface area contributed by atoms with Gasteiger partial charge in [-0.1, -0.05) is 5.16 Å². The van der Waals surface area contributed by atoms with Crippen molar-refractivity contribution in [1.29, 1.82) is 0 Å². The first-order valence-electron chi connectivity index (χ1n) is 7.04. The van der Waals surface area contributed by atoms with E-state index in [1.54, 1.807) is 12.1 Å². The van der Waals surface area contributed by atoms with Crippen molar-refractivity contribution in [3.8, 4) is 11.6 Å². The second kappa shape index (κ2) is 5.82. The standard InChI is InChI=1S/C14H14FN3O5/c15-14(13(20)21)5-6-18(8-14)11(19)4-3-10-16-12(17-23-10)9-2-1-7-22-9/h1-2,7H,3-6,8H2,(H,20,21). The van der Waals surface area contributed by atoms with Crippen LogP contribution in [0, 0.1) is 0 Å². The maximum atomic E-state index is 13.9. The van der Waals surface area contributed by atoms with Crippen LogP contribution in [0.5, 0.6) is 0 Å². The number of aryl methyl sites for hydroxylation is 1. The van der Waals surface area contributed by atoms with Crippen LogP contribution >= 0.6 is 0 Å². The molecule has 8 nitrogen and oxygen atoms in total. The highest BCUT2D eigenvalue weighted by molar-refractivity contribution is 5.82. The Morgan fingerprint density at radius 1 is 1.48 bits per heavy atom. The Morgan fingerprint density at radius 2 is 2.30 bits per heavy atom. The van der Waals surface area contributed by atoms with E-state index in [4.69, 9.17) is 14.0 Å². The molecule has 1 amide bonds. The van der Waals surface area contributed by atoms with E-state index in [1.807, 2.05) is 0 Å². The van der Waals surface area contributed by atoms with Gasteiger partial charge in [0, 0.05) is 25.8 Å². The number of amides is 1. The summed E-state index contributed by atoms with van der Waals surface area (Å²) in [6.07, 6.45) is 1.51. The minimum atomic E-state index is -2.35. The lowest BCUT2D eigenvalue weighted by atomic mass is 10.1. The Balaban J connectivity index is 1.55. The van der Waals surface area contributed by atoms with Crippen LogP contribution in [-0.4, -0.2) is 50.8 Å². The van der Waals surface area contributed by atoms with Gasteiger partial charge in [0.25, 0.3) is 0 Å². The van der Waals surface area contributed by atoms with E-state index in [0.29, 0.717) is 5.76 Å². The molecule has 23 heavy (non-hydrogen) atoms. The number of carbonyl (C=O) groups excluding carboxylic acids is 1. The molecule has 0 spiro atoms. The Kier molecular flexibility index (Phi) is 3.85. The highest BCUT2D eigenvalue weighted by Gasteiger charge is 2.46. The summed E-state index contributed by atoms with van der Waals surface area (Å²) in [7, 11) is 0. The van der Waals surface area contributed by atoms with Gasteiger partial charge in [-0.2, -0.15) is 4.98 Å². The number of hydrogen-bond donors (Lipinski definition) is 1. The zero-order valence-electron chi connectivity index (χ0n) is 12.1. The third-order valence-electron chi connectivity index (χ3n) is 3.72. The molecule has 1 aliphatic heterocycles. The molecule has 9 heteroatoms. The third kappa shape index (κ3) is 3.08. The molecule has 1 fully saturated rings.